The van der Waals surface area contributed by atoms with Crippen LogP contribution in [0.1, 0.15) is 12.0 Å². The van der Waals surface area contributed by atoms with Gasteiger partial charge >= 0.3 is 0 Å². The highest BCUT2D eigenvalue weighted by Gasteiger charge is 2.24. The molecule has 1 aromatic rings. The van der Waals surface area contributed by atoms with E-state index in [1.54, 1.807) is 23.1 Å². The number of phenols is 1. The molecule has 0 spiro atoms. The van der Waals surface area contributed by atoms with Crippen molar-refractivity contribution in [2.75, 3.05) is 11.4 Å². The smallest absolute Gasteiger partial charge is 0.227 e. The van der Waals surface area contributed by atoms with Crippen molar-refractivity contribution in [3.63, 3.8) is 0 Å². The number of carbonyl (C=O) groups excluding carboxylic acids is 1. The number of fused-ring (bicyclic) bond motifs is 1. The Hall–Kier alpha value is -1.48. The van der Waals surface area contributed by atoms with Crippen LogP contribution in [0.4, 0.5) is 5.69 Å². The third kappa shape index (κ3) is 2.04. The SMILES string of the molecule is C=C(Cl)CN1C(=O)CCc2cc(O)ccc21. The number of aromatic hydroxyl groups is 1. The molecule has 0 aliphatic carbocycles. The lowest BCUT2D eigenvalue weighted by Crippen LogP contribution is -2.35. The molecule has 4 heteroatoms. The number of halogens is 1. The van der Waals surface area contributed by atoms with Crippen LogP contribution in [0.5, 0.6) is 5.75 Å². The molecular formula is C12H12ClNO2. The summed E-state index contributed by atoms with van der Waals surface area (Å²) in [4.78, 5) is 13.3. The van der Waals surface area contributed by atoms with E-state index in [0.29, 0.717) is 24.4 Å². The third-order valence-electron chi connectivity index (χ3n) is 2.59. The van der Waals surface area contributed by atoms with Crippen LogP contribution in [0.15, 0.2) is 29.8 Å². The first-order chi connectivity index (χ1) is 7.58. The number of aryl methyl sites for hydroxylation is 1. The number of benzene rings is 1. The van der Waals surface area contributed by atoms with Gasteiger partial charge in [0.2, 0.25) is 5.91 Å². The Bertz CT molecular complexity index is 456. The second-order valence-corrected chi connectivity index (χ2v) is 4.34. The largest absolute Gasteiger partial charge is 0.508 e. The fraction of sp³-hybridized carbons (Fsp3) is 0.250. The van der Waals surface area contributed by atoms with Crippen molar-refractivity contribution in [2.24, 2.45) is 0 Å². The van der Waals surface area contributed by atoms with E-state index in [1.165, 1.54) is 0 Å². The van der Waals surface area contributed by atoms with Gasteiger partial charge in [-0.25, -0.2) is 0 Å². The Morgan fingerprint density at radius 3 is 2.94 bits per heavy atom. The molecule has 0 aromatic heterocycles. The van der Waals surface area contributed by atoms with Gasteiger partial charge in [0.1, 0.15) is 5.75 Å². The summed E-state index contributed by atoms with van der Waals surface area (Å²) in [6.45, 7) is 3.91. The lowest BCUT2D eigenvalue weighted by molar-refractivity contribution is -0.118. The van der Waals surface area contributed by atoms with Crippen molar-refractivity contribution in [2.45, 2.75) is 12.8 Å². The second-order valence-electron chi connectivity index (χ2n) is 3.81. The van der Waals surface area contributed by atoms with E-state index in [2.05, 4.69) is 6.58 Å². The fourth-order valence-electron chi connectivity index (χ4n) is 1.89. The molecule has 1 aliphatic rings. The van der Waals surface area contributed by atoms with Gasteiger partial charge in [-0.2, -0.15) is 0 Å². The van der Waals surface area contributed by atoms with Crippen LogP contribution in [0.3, 0.4) is 0 Å². The normalized spacial score (nSPS) is 14.8. The van der Waals surface area contributed by atoms with Crippen LogP contribution in [0, 0.1) is 0 Å². The molecule has 1 N–H and O–H groups in total. The summed E-state index contributed by atoms with van der Waals surface area (Å²) in [6.07, 6.45) is 1.11. The van der Waals surface area contributed by atoms with Crippen molar-refractivity contribution in [1.29, 1.82) is 0 Å². The fourth-order valence-corrected chi connectivity index (χ4v) is 2.01. The minimum absolute atomic E-state index is 0.0417. The molecule has 1 aromatic carbocycles. The van der Waals surface area contributed by atoms with Crippen LogP contribution in [0.25, 0.3) is 0 Å². The van der Waals surface area contributed by atoms with Crippen molar-refractivity contribution in [3.8, 4) is 5.75 Å². The predicted octanol–water partition coefficient (Wildman–Crippen LogP) is 2.42. The lowest BCUT2D eigenvalue weighted by atomic mass is 10.0. The van der Waals surface area contributed by atoms with E-state index in [4.69, 9.17) is 11.6 Å². The number of nitrogens with zero attached hydrogens (tertiary/aromatic N) is 1. The minimum atomic E-state index is 0.0417. The first-order valence-corrected chi connectivity index (χ1v) is 5.41. The Morgan fingerprint density at radius 2 is 2.25 bits per heavy atom. The second kappa shape index (κ2) is 4.18. The van der Waals surface area contributed by atoms with Crippen molar-refractivity contribution in [1.82, 2.24) is 0 Å². The predicted molar refractivity (Wildman–Crippen MR) is 63.8 cm³/mol. The van der Waals surface area contributed by atoms with Gasteiger partial charge in [-0.15, -0.1) is 0 Å². The third-order valence-corrected chi connectivity index (χ3v) is 2.71. The van der Waals surface area contributed by atoms with Gasteiger partial charge in [-0.05, 0) is 30.2 Å². The zero-order valence-electron chi connectivity index (χ0n) is 8.74. The van der Waals surface area contributed by atoms with Gasteiger partial charge < -0.3 is 10.0 Å². The Labute approximate surface area is 98.9 Å². The molecule has 2 rings (SSSR count). The molecule has 1 aliphatic heterocycles. The molecule has 1 amide bonds. The summed E-state index contributed by atoms with van der Waals surface area (Å²) >= 11 is 5.74. The highest BCUT2D eigenvalue weighted by Crippen LogP contribution is 2.31. The topological polar surface area (TPSA) is 40.5 Å². The zero-order valence-corrected chi connectivity index (χ0v) is 9.50. The Morgan fingerprint density at radius 1 is 1.50 bits per heavy atom. The van der Waals surface area contributed by atoms with E-state index < -0.39 is 0 Å². The molecule has 0 radical (unpaired) electrons. The molecule has 84 valence electrons. The van der Waals surface area contributed by atoms with Crippen LogP contribution in [-0.2, 0) is 11.2 Å². The first kappa shape index (κ1) is 11.0. The Balaban J connectivity index is 2.40. The van der Waals surface area contributed by atoms with E-state index in [9.17, 15) is 9.90 Å². The average molecular weight is 238 g/mol. The van der Waals surface area contributed by atoms with E-state index in [1.807, 2.05) is 0 Å². The van der Waals surface area contributed by atoms with Crippen molar-refractivity contribution >= 4 is 23.2 Å². The van der Waals surface area contributed by atoms with E-state index >= 15 is 0 Å². The van der Waals surface area contributed by atoms with E-state index in [-0.39, 0.29) is 11.7 Å². The highest BCUT2D eigenvalue weighted by molar-refractivity contribution is 6.30. The standard InChI is InChI=1S/C12H12ClNO2/c1-8(13)7-14-11-4-3-10(15)6-9(11)2-5-12(14)16/h3-4,6,15H,1-2,5,7H2. The molecule has 16 heavy (non-hydrogen) atoms. The van der Waals surface area contributed by atoms with Crippen LogP contribution in [0.2, 0.25) is 0 Å². The van der Waals surface area contributed by atoms with Gasteiger partial charge in [0, 0.05) is 17.1 Å². The molecule has 0 saturated carbocycles. The summed E-state index contributed by atoms with van der Waals surface area (Å²) in [5, 5.41) is 9.80. The van der Waals surface area contributed by atoms with Gasteiger partial charge in [0.15, 0.2) is 0 Å². The number of phenolic OH excluding ortho intramolecular Hbond substituents is 1. The maximum absolute atomic E-state index is 11.7. The average Bonchev–Trinajstić information content (AvgIpc) is 2.22. The summed E-state index contributed by atoms with van der Waals surface area (Å²) in [6, 6.07) is 4.99. The number of anilines is 1. The van der Waals surface area contributed by atoms with Crippen molar-refractivity contribution < 1.29 is 9.90 Å². The molecular weight excluding hydrogens is 226 g/mol. The summed E-state index contributed by atoms with van der Waals surface area (Å²) < 4.78 is 0. The van der Waals surface area contributed by atoms with Gasteiger partial charge in [-0.3, -0.25) is 4.79 Å². The van der Waals surface area contributed by atoms with Crippen LogP contribution >= 0.6 is 11.6 Å². The quantitative estimate of drug-likeness (QED) is 0.858. The number of hydrogen-bond acceptors (Lipinski definition) is 2. The Kier molecular flexibility index (Phi) is 2.88. The highest BCUT2D eigenvalue weighted by atomic mass is 35.5. The number of rotatable bonds is 2. The van der Waals surface area contributed by atoms with Gasteiger partial charge in [-0.1, -0.05) is 18.2 Å². The zero-order chi connectivity index (χ0) is 11.7. The molecule has 0 bridgehead atoms. The van der Waals surface area contributed by atoms with Gasteiger partial charge in [0.05, 0.1) is 6.54 Å². The summed E-state index contributed by atoms with van der Waals surface area (Å²) in [7, 11) is 0. The molecule has 3 nitrogen and oxygen atoms in total. The monoisotopic (exact) mass is 237 g/mol. The van der Waals surface area contributed by atoms with Crippen LogP contribution < -0.4 is 4.90 Å². The molecule has 0 saturated heterocycles. The molecule has 1 heterocycles. The number of carbonyl (C=O) groups is 1. The van der Waals surface area contributed by atoms with Crippen LogP contribution in [-0.4, -0.2) is 17.6 Å². The summed E-state index contributed by atoms with van der Waals surface area (Å²) in [5.74, 6) is 0.262. The van der Waals surface area contributed by atoms with Gasteiger partial charge in [0.25, 0.3) is 0 Å². The van der Waals surface area contributed by atoms with E-state index in [0.717, 1.165) is 11.3 Å². The number of hydrogen-bond donors (Lipinski definition) is 1. The lowest BCUT2D eigenvalue weighted by Gasteiger charge is -2.29. The minimum Gasteiger partial charge on any atom is -0.508 e. The molecule has 0 fully saturated rings. The molecule has 0 unspecified atom stereocenters. The maximum atomic E-state index is 11.7. The first-order valence-electron chi connectivity index (χ1n) is 5.03. The maximum Gasteiger partial charge on any atom is 0.227 e. The van der Waals surface area contributed by atoms with Crippen molar-refractivity contribution in [3.05, 3.63) is 35.4 Å². The number of amides is 1. The summed E-state index contributed by atoms with van der Waals surface area (Å²) in [5.41, 5.74) is 1.79. The molecule has 0 atom stereocenters.